The van der Waals surface area contributed by atoms with Gasteiger partial charge < -0.3 is 24.7 Å². The lowest BCUT2D eigenvalue weighted by Crippen LogP contribution is -2.36. The van der Waals surface area contributed by atoms with E-state index < -0.39 is 0 Å². The van der Waals surface area contributed by atoms with Gasteiger partial charge in [0.15, 0.2) is 17.5 Å². The molecule has 0 saturated heterocycles. The van der Waals surface area contributed by atoms with Crippen LogP contribution in [-0.4, -0.2) is 31.8 Å². The highest BCUT2D eigenvalue weighted by Gasteiger charge is 2.06. The summed E-state index contributed by atoms with van der Waals surface area (Å²) in [5.74, 6) is 2.10. The second-order valence-corrected chi connectivity index (χ2v) is 6.95. The van der Waals surface area contributed by atoms with Crippen molar-refractivity contribution in [3.05, 3.63) is 93.9 Å². The number of methoxy groups -OCH3 is 2. The van der Waals surface area contributed by atoms with E-state index in [1.807, 2.05) is 36.4 Å². The van der Waals surface area contributed by atoms with Crippen molar-refractivity contribution in [1.29, 1.82) is 0 Å². The first-order valence-electron chi connectivity index (χ1n) is 10.0. The first-order valence-corrected chi connectivity index (χ1v) is 10.0. The zero-order valence-electron chi connectivity index (χ0n) is 18.5. The van der Waals surface area contributed by atoms with Crippen LogP contribution >= 0.6 is 24.0 Å². The smallest absolute Gasteiger partial charge is 0.250 e. The Morgan fingerprint density at radius 3 is 2.12 bits per heavy atom. The number of nitrogens with one attached hydrogen (secondary N) is 2. The average Bonchev–Trinajstić information content (AvgIpc) is 2.81. The zero-order valence-corrected chi connectivity index (χ0v) is 20.8. The van der Waals surface area contributed by atoms with Crippen molar-refractivity contribution in [3.8, 4) is 11.5 Å². The van der Waals surface area contributed by atoms with Crippen LogP contribution in [0, 0.1) is 0 Å². The van der Waals surface area contributed by atoms with Crippen LogP contribution in [0.15, 0.2) is 76.6 Å². The van der Waals surface area contributed by atoms with Gasteiger partial charge in [-0.05, 0) is 34.9 Å². The first kappa shape index (κ1) is 25.3. The lowest BCUT2D eigenvalue weighted by atomic mass is 10.1. The van der Waals surface area contributed by atoms with Gasteiger partial charge in [-0.25, -0.2) is 0 Å². The van der Waals surface area contributed by atoms with Crippen LogP contribution in [0.3, 0.4) is 0 Å². The number of ether oxygens (including phenoxy) is 2. The van der Waals surface area contributed by atoms with Crippen LogP contribution in [-0.2, 0) is 19.6 Å². The van der Waals surface area contributed by atoms with Gasteiger partial charge in [0.2, 0.25) is 0 Å². The fourth-order valence-electron chi connectivity index (χ4n) is 3.13. The molecule has 0 saturated carbocycles. The molecular formula is C24H29IN4O3. The van der Waals surface area contributed by atoms with Gasteiger partial charge >= 0.3 is 0 Å². The van der Waals surface area contributed by atoms with Gasteiger partial charge in [0, 0.05) is 32.4 Å². The number of benzene rings is 2. The Morgan fingerprint density at radius 1 is 0.875 bits per heavy atom. The van der Waals surface area contributed by atoms with Crippen LogP contribution in [0.5, 0.6) is 11.5 Å². The van der Waals surface area contributed by atoms with Crippen LogP contribution in [0.4, 0.5) is 0 Å². The maximum atomic E-state index is 11.9. The van der Waals surface area contributed by atoms with E-state index in [-0.39, 0.29) is 29.5 Å². The topological polar surface area (TPSA) is 76.9 Å². The summed E-state index contributed by atoms with van der Waals surface area (Å²) < 4.78 is 12.3. The molecule has 0 aliphatic rings. The monoisotopic (exact) mass is 548 g/mol. The van der Waals surface area contributed by atoms with Crippen LogP contribution < -0.4 is 25.7 Å². The molecule has 2 aromatic carbocycles. The van der Waals surface area contributed by atoms with Crippen molar-refractivity contribution < 1.29 is 9.47 Å². The molecule has 3 aromatic rings. The second kappa shape index (κ2) is 12.7. The highest BCUT2D eigenvalue weighted by molar-refractivity contribution is 14.0. The van der Waals surface area contributed by atoms with Gasteiger partial charge in [-0.2, -0.15) is 0 Å². The molecule has 32 heavy (non-hydrogen) atoms. The Balaban J connectivity index is 0.00000363. The van der Waals surface area contributed by atoms with E-state index in [1.165, 1.54) is 0 Å². The number of guanidine groups is 1. The molecular weight excluding hydrogens is 519 g/mol. The van der Waals surface area contributed by atoms with E-state index in [9.17, 15) is 4.79 Å². The van der Waals surface area contributed by atoms with Crippen molar-refractivity contribution >= 4 is 29.9 Å². The summed E-state index contributed by atoms with van der Waals surface area (Å²) in [5, 5.41) is 6.61. The molecule has 0 spiro atoms. The quantitative estimate of drug-likeness (QED) is 0.257. The molecule has 0 bridgehead atoms. The van der Waals surface area contributed by atoms with Gasteiger partial charge in [0.05, 0.1) is 20.8 Å². The third-order valence-electron chi connectivity index (χ3n) is 4.87. The molecule has 170 valence electrons. The molecule has 0 aliphatic heterocycles. The molecule has 3 rings (SSSR count). The van der Waals surface area contributed by atoms with Gasteiger partial charge in [0.25, 0.3) is 5.56 Å². The third-order valence-corrected chi connectivity index (χ3v) is 4.87. The summed E-state index contributed by atoms with van der Waals surface area (Å²) in [5.41, 5.74) is 3.25. The minimum Gasteiger partial charge on any atom is -0.493 e. The van der Waals surface area contributed by atoms with Gasteiger partial charge in [-0.1, -0.05) is 36.4 Å². The Labute approximate surface area is 205 Å². The number of nitrogens with zero attached hydrogens (tertiary/aromatic N) is 2. The number of halogens is 1. The molecule has 1 aromatic heterocycles. The number of aromatic nitrogens is 1. The van der Waals surface area contributed by atoms with Gasteiger partial charge in [-0.3, -0.25) is 9.79 Å². The molecule has 0 aliphatic carbocycles. The summed E-state index contributed by atoms with van der Waals surface area (Å²) in [6.07, 6.45) is 1.80. The molecule has 0 radical (unpaired) electrons. The number of pyridine rings is 1. The normalized spacial score (nSPS) is 10.8. The molecule has 0 atom stereocenters. The fraction of sp³-hybridized carbons (Fsp3) is 0.250. The fourth-order valence-corrected chi connectivity index (χ4v) is 3.13. The SMILES string of the molecule is CN=C(NCc1ccc(Cn2ccccc2=O)cc1)NCc1ccc(OC)c(OC)c1.I. The van der Waals surface area contributed by atoms with E-state index in [1.54, 1.807) is 44.2 Å². The van der Waals surface area contributed by atoms with Gasteiger partial charge in [0.1, 0.15) is 0 Å². The molecule has 7 nitrogen and oxygen atoms in total. The van der Waals surface area contributed by atoms with Crippen molar-refractivity contribution in [1.82, 2.24) is 15.2 Å². The molecule has 0 fully saturated rings. The van der Waals surface area contributed by atoms with E-state index in [0.29, 0.717) is 37.1 Å². The highest BCUT2D eigenvalue weighted by Crippen LogP contribution is 2.27. The molecule has 8 heteroatoms. The second-order valence-electron chi connectivity index (χ2n) is 6.95. The van der Waals surface area contributed by atoms with E-state index in [4.69, 9.17) is 9.47 Å². The Hall–Kier alpha value is -3.01. The summed E-state index contributed by atoms with van der Waals surface area (Å²) >= 11 is 0. The third kappa shape index (κ3) is 7.01. The maximum absolute atomic E-state index is 11.9. The summed E-state index contributed by atoms with van der Waals surface area (Å²) in [6.45, 7) is 1.80. The number of aliphatic imine (C=N–C) groups is 1. The molecule has 0 unspecified atom stereocenters. The Bertz CT molecular complexity index is 1080. The van der Waals surface area contributed by atoms with Gasteiger partial charge in [-0.15, -0.1) is 24.0 Å². The average molecular weight is 548 g/mol. The number of hydrogen-bond acceptors (Lipinski definition) is 4. The standard InChI is InChI=1S/C24H28N4O3.HI/c1-25-24(27-16-20-11-12-21(30-2)22(14-20)31-3)26-15-18-7-9-19(10-8-18)17-28-13-5-4-6-23(28)29;/h4-14H,15-17H2,1-3H3,(H2,25,26,27);1H. The lowest BCUT2D eigenvalue weighted by molar-refractivity contribution is 0.354. The van der Waals surface area contributed by atoms with Crippen molar-refractivity contribution in [2.75, 3.05) is 21.3 Å². The van der Waals surface area contributed by atoms with Crippen molar-refractivity contribution in [2.24, 2.45) is 4.99 Å². The van der Waals surface area contributed by atoms with Crippen LogP contribution in [0.2, 0.25) is 0 Å². The highest BCUT2D eigenvalue weighted by atomic mass is 127. The van der Waals surface area contributed by atoms with E-state index in [0.717, 1.165) is 16.7 Å². The largest absolute Gasteiger partial charge is 0.493 e. The predicted octanol–water partition coefficient (Wildman–Crippen LogP) is 3.40. The molecule has 1 heterocycles. The van der Waals surface area contributed by atoms with Crippen molar-refractivity contribution in [3.63, 3.8) is 0 Å². The maximum Gasteiger partial charge on any atom is 0.250 e. The number of rotatable bonds is 8. The molecule has 2 N–H and O–H groups in total. The Kier molecular flexibility index (Phi) is 10.1. The predicted molar refractivity (Wildman–Crippen MR) is 138 cm³/mol. The summed E-state index contributed by atoms with van der Waals surface area (Å²) in [6, 6.07) is 19.2. The summed E-state index contributed by atoms with van der Waals surface area (Å²) in [7, 11) is 4.99. The Morgan fingerprint density at radius 2 is 1.50 bits per heavy atom. The number of hydrogen-bond donors (Lipinski definition) is 2. The zero-order chi connectivity index (χ0) is 22.1. The van der Waals surface area contributed by atoms with Crippen molar-refractivity contribution in [2.45, 2.75) is 19.6 Å². The van der Waals surface area contributed by atoms with Crippen LogP contribution in [0.25, 0.3) is 0 Å². The molecule has 0 amide bonds. The lowest BCUT2D eigenvalue weighted by Gasteiger charge is -2.14. The minimum atomic E-state index is -0.00223. The van der Waals surface area contributed by atoms with Crippen LogP contribution in [0.1, 0.15) is 16.7 Å². The van der Waals surface area contributed by atoms with E-state index in [2.05, 4.69) is 27.8 Å². The summed E-state index contributed by atoms with van der Waals surface area (Å²) in [4.78, 5) is 16.1. The first-order chi connectivity index (χ1) is 15.1. The van der Waals surface area contributed by atoms with E-state index >= 15 is 0 Å². The minimum absolute atomic E-state index is 0.